The van der Waals surface area contributed by atoms with Gasteiger partial charge in [-0.15, -0.1) is 0 Å². The fourth-order valence-electron chi connectivity index (χ4n) is 2.99. The van der Waals surface area contributed by atoms with Crippen molar-refractivity contribution in [3.8, 4) is 0 Å². The third-order valence-corrected chi connectivity index (χ3v) is 4.03. The average molecular weight is 261 g/mol. The van der Waals surface area contributed by atoms with Gasteiger partial charge in [-0.2, -0.15) is 0 Å². The quantitative estimate of drug-likeness (QED) is 0.851. The molecule has 19 heavy (non-hydrogen) atoms. The minimum Gasteiger partial charge on any atom is -0.324 e. The Labute approximate surface area is 117 Å². The summed E-state index contributed by atoms with van der Waals surface area (Å²) < 4.78 is 0. The summed E-state index contributed by atoms with van der Waals surface area (Å²) in [7, 11) is 4.32. The molecule has 0 aromatic heterocycles. The van der Waals surface area contributed by atoms with E-state index in [1.54, 1.807) is 0 Å². The molecule has 2 rings (SSSR count). The standard InChI is InChI=1S/C16H27N3/c1-18(2)13-15-9-6-11-19(15)12-10-16(17)14-7-4-3-5-8-14/h3-5,7-8,15-16H,6,9-13,17H2,1-2H3. The maximum atomic E-state index is 6.28. The Balaban J connectivity index is 1.81. The number of nitrogens with zero attached hydrogens (tertiary/aromatic N) is 2. The fraction of sp³-hybridized carbons (Fsp3) is 0.625. The van der Waals surface area contributed by atoms with Gasteiger partial charge < -0.3 is 10.6 Å². The second-order valence-corrected chi connectivity index (χ2v) is 5.90. The first kappa shape index (κ1) is 14.5. The number of hydrogen-bond acceptors (Lipinski definition) is 3. The molecule has 2 unspecified atom stereocenters. The van der Waals surface area contributed by atoms with Gasteiger partial charge in [0.05, 0.1) is 0 Å². The summed E-state index contributed by atoms with van der Waals surface area (Å²) in [5, 5.41) is 0. The Kier molecular flexibility index (Phi) is 5.37. The van der Waals surface area contributed by atoms with Gasteiger partial charge in [-0.1, -0.05) is 30.3 Å². The molecule has 1 saturated heterocycles. The Morgan fingerprint density at radius 2 is 2.05 bits per heavy atom. The molecule has 1 aliphatic rings. The van der Waals surface area contributed by atoms with E-state index >= 15 is 0 Å². The van der Waals surface area contributed by atoms with Crippen LogP contribution in [-0.4, -0.2) is 49.6 Å². The molecular formula is C16H27N3. The van der Waals surface area contributed by atoms with Gasteiger partial charge in [0.15, 0.2) is 0 Å². The first-order chi connectivity index (χ1) is 9.16. The number of nitrogens with two attached hydrogens (primary N) is 1. The van der Waals surface area contributed by atoms with Gasteiger partial charge in [-0.05, 0) is 45.5 Å². The van der Waals surface area contributed by atoms with E-state index in [4.69, 9.17) is 5.73 Å². The zero-order chi connectivity index (χ0) is 13.7. The molecule has 1 aromatic carbocycles. The first-order valence-corrected chi connectivity index (χ1v) is 7.36. The predicted octanol–water partition coefficient (Wildman–Crippen LogP) is 2.10. The third kappa shape index (κ3) is 4.30. The summed E-state index contributed by atoms with van der Waals surface area (Å²) in [5.74, 6) is 0. The summed E-state index contributed by atoms with van der Waals surface area (Å²) in [5.41, 5.74) is 7.54. The highest BCUT2D eigenvalue weighted by Crippen LogP contribution is 2.20. The normalized spacial score (nSPS) is 22.0. The number of benzene rings is 1. The molecule has 1 aliphatic heterocycles. The summed E-state index contributed by atoms with van der Waals surface area (Å²) in [6.07, 6.45) is 3.71. The predicted molar refractivity (Wildman–Crippen MR) is 81.1 cm³/mol. The zero-order valence-corrected chi connectivity index (χ0v) is 12.3. The second-order valence-electron chi connectivity index (χ2n) is 5.90. The van der Waals surface area contributed by atoms with Gasteiger partial charge >= 0.3 is 0 Å². The van der Waals surface area contributed by atoms with Crippen LogP contribution in [-0.2, 0) is 0 Å². The molecule has 3 heteroatoms. The van der Waals surface area contributed by atoms with Crippen LogP contribution >= 0.6 is 0 Å². The largest absolute Gasteiger partial charge is 0.324 e. The van der Waals surface area contributed by atoms with Crippen molar-refractivity contribution in [3.63, 3.8) is 0 Å². The molecule has 1 aromatic rings. The van der Waals surface area contributed by atoms with E-state index in [-0.39, 0.29) is 6.04 Å². The molecule has 3 nitrogen and oxygen atoms in total. The van der Waals surface area contributed by atoms with Gasteiger partial charge in [-0.3, -0.25) is 4.90 Å². The highest BCUT2D eigenvalue weighted by Gasteiger charge is 2.24. The van der Waals surface area contributed by atoms with Crippen LogP contribution in [0.4, 0.5) is 0 Å². The van der Waals surface area contributed by atoms with Crippen molar-refractivity contribution < 1.29 is 0 Å². The highest BCUT2D eigenvalue weighted by molar-refractivity contribution is 5.18. The number of rotatable bonds is 6. The van der Waals surface area contributed by atoms with Crippen LogP contribution in [0.5, 0.6) is 0 Å². The fourth-order valence-corrected chi connectivity index (χ4v) is 2.99. The Morgan fingerprint density at radius 3 is 2.74 bits per heavy atom. The van der Waals surface area contributed by atoms with Crippen LogP contribution in [0.15, 0.2) is 30.3 Å². The van der Waals surface area contributed by atoms with E-state index in [0.29, 0.717) is 0 Å². The van der Waals surface area contributed by atoms with Gasteiger partial charge in [0.2, 0.25) is 0 Å². The maximum Gasteiger partial charge on any atom is 0.0307 e. The topological polar surface area (TPSA) is 32.5 Å². The molecule has 2 atom stereocenters. The van der Waals surface area contributed by atoms with Crippen LogP contribution in [0.1, 0.15) is 30.9 Å². The first-order valence-electron chi connectivity index (χ1n) is 7.36. The van der Waals surface area contributed by atoms with Gasteiger partial charge in [0.25, 0.3) is 0 Å². The molecule has 1 fully saturated rings. The van der Waals surface area contributed by atoms with Crippen molar-refractivity contribution in [2.75, 3.05) is 33.7 Å². The Morgan fingerprint density at radius 1 is 1.32 bits per heavy atom. The molecule has 2 N–H and O–H groups in total. The molecule has 0 amide bonds. The molecule has 0 spiro atoms. The minimum absolute atomic E-state index is 0.168. The zero-order valence-electron chi connectivity index (χ0n) is 12.3. The maximum absolute atomic E-state index is 6.28. The second kappa shape index (κ2) is 7.04. The minimum atomic E-state index is 0.168. The van der Waals surface area contributed by atoms with Crippen molar-refractivity contribution >= 4 is 0 Å². The van der Waals surface area contributed by atoms with E-state index in [1.807, 2.05) is 6.07 Å². The van der Waals surface area contributed by atoms with E-state index in [0.717, 1.165) is 19.0 Å². The molecule has 1 heterocycles. The van der Waals surface area contributed by atoms with Crippen LogP contribution in [0, 0.1) is 0 Å². The third-order valence-electron chi connectivity index (χ3n) is 4.03. The van der Waals surface area contributed by atoms with Crippen molar-refractivity contribution in [1.29, 1.82) is 0 Å². The van der Waals surface area contributed by atoms with Crippen LogP contribution in [0.3, 0.4) is 0 Å². The lowest BCUT2D eigenvalue weighted by molar-refractivity contribution is 0.202. The lowest BCUT2D eigenvalue weighted by atomic mass is 10.0. The number of likely N-dealkylation sites (N-methyl/N-ethyl adjacent to an activating group) is 1. The smallest absolute Gasteiger partial charge is 0.0307 e. The SMILES string of the molecule is CN(C)CC1CCCN1CCC(N)c1ccccc1. The van der Waals surface area contributed by atoms with Crippen LogP contribution in [0.25, 0.3) is 0 Å². The Hall–Kier alpha value is -0.900. The molecule has 106 valence electrons. The lowest BCUT2D eigenvalue weighted by Gasteiger charge is -2.28. The van der Waals surface area contributed by atoms with E-state index in [2.05, 4.69) is 48.2 Å². The van der Waals surface area contributed by atoms with E-state index in [9.17, 15) is 0 Å². The summed E-state index contributed by atoms with van der Waals surface area (Å²) >= 11 is 0. The molecule has 0 saturated carbocycles. The van der Waals surface area contributed by atoms with E-state index in [1.165, 1.54) is 31.5 Å². The van der Waals surface area contributed by atoms with E-state index < -0.39 is 0 Å². The summed E-state index contributed by atoms with van der Waals surface area (Å²) in [6.45, 7) is 3.52. The summed E-state index contributed by atoms with van der Waals surface area (Å²) in [4.78, 5) is 4.91. The molecule has 0 radical (unpaired) electrons. The van der Waals surface area contributed by atoms with Gasteiger partial charge in [-0.25, -0.2) is 0 Å². The van der Waals surface area contributed by atoms with Crippen molar-refractivity contribution in [2.45, 2.75) is 31.3 Å². The highest BCUT2D eigenvalue weighted by atomic mass is 15.2. The van der Waals surface area contributed by atoms with Crippen LogP contribution in [0.2, 0.25) is 0 Å². The molecule has 0 bridgehead atoms. The Bertz CT molecular complexity index is 364. The lowest BCUT2D eigenvalue weighted by Crippen LogP contribution is -2.38. The molecule has 0 aliphatic carbocycles. The monoisotopic (exact) mass is 261 g/mol. The average Bonchev–Trinajstić information content (AvgIpc) is 2.83. The number of likely N-dealkylation sites (tertiary alicyclic amines) is 1. The van der Waals surface area contributed by atoms with Gasteiger partial charge in [0.1, 0.15) is 0 Å². The number of hydrogen-bond donors (Lipinski definition) is 1. The summed E-state index contributed by atoms with van der Waals surface area (Å²) in [6, 6.07) is 11.3. The van der Waals surface area contributed by atoms with Gasteiger partial charge in [0, 0.05) is 25.2 Å². The van der Waals surface area contributed by atoms with Crippen LogP contribution < -0.4 is 5.73 Å². The van der Waals surface area contributed by atoms with Crippen molar-refractivity contribution in [3.05, 3.63) is 35.9 Å². The van der Waals surface area contributed by atoms with Crippen molar-refractivity contribution in [1.82, 2.24) is 9.80 Å². The molecular weight excluding hydrogens is 234 g/mol. The van der Waals surface area contributed by atoms with Crippen molar-refractivity contribution in [2.24, 2.45) is 5.73 Å².